The molecule has 0 spiro atoms. The predicted octanol–water partition coefficient (Wildman–Crippen LogP) is 7.57. The zero-order valence-corrected chi connectivity index (χ0v) is 79.5. The number of esters is 2. The number of fused-ring (bicyclic) bond motifs is 2. The van der Waals surface area contributed by atoms with Gasteiger partial charge in [-0.1, -0.05) is 101 Å². The summed E-state index contributed by atoms with van der Waals surface area (Å²) >= 11 is 5.86. The number of phenols is 2. The van der Waals surface area contributed by atoms with Gasteiger partial charge in [-0.15, -0.1) is 0 Å². The van der Waals surface area contributed by atoms with E-state index >= 15 is 0 Å². The van der Waals surface area contributed by atoms with Crippen LogP contribution >= 0.6 is 24.2 Å². The second-order valence-corrected chi connectivity index (χ2v) is 30.3. The fraction of sp³-hybridized carbons (Fsp3) is 0.375. The number of carbonyl (C=O) groups is 8. The Morgan fingerprint density at radius 3 is 1.37 bits per heavy atom. The third-order valence-electron chi connectivity index (χ3n) is 17.1. The van der Waals surface area contributed by atoms with Crippen LogP contribution in [0.25, 0.3) is 32.7 Å². The Bertz CT molecular complexity index is 4540. The third kappa shape index (κ3) is 34.4. The first-order chi connectivity index (χ1) is 53.3. The molecule has 1 aliphatic heterocycles. The second-order valence-electron chi connectivity index (χ2n) is 28.7. The number of nitrogens with zero attached hydrogens (tertiary/aromatic N) is 4. The average molecular weight is 1730 g/mol. The van der Waals surface area contributed by atoms with Crippen LogP contribution in [0.4, 0.5) is 21.2 Å². The maximum absolute atomic E-state index is 12.9. The van der Waals surface area contributed by atoms with Gasteiger partial charge >= 0.3 is 154 Å². The summed E-state index contributed by atoms with van der Waals surface area (Å²) in [6, 6.07) is 42.9. The van der Waals surface area contributed by atoms with Crippen LogP contribution in [-0.2, 0) is 66.3 Å². The molecular formula is C80H96BBrK3N8O20P. The van der Waals surface area contributed by atoms with Crippen LogP contribution in [0.15, 0.2) is 162 Å². The Labute approximate surface area is 762 Å². The van der Waals surface area contributed by atoms with Gasteiger partial charge < -0.3 is 69.9 Å². The van der Waals surface area contributed by atoms with E-state index in [0.717, 1.165) is 59.3 Å². The van der Waals surface area contributed by atoms with E-state index in [9.17, 15) is 48.6 Å². The number of aromatic hydroxyl groups is 2. The Morgan fingerprint density at radius 2 is 0.974 bits per heavy atom. The molecule has 3 atom stereocenters. The van der Waals surface area contributed by atoms with Gasteiger partial charge in [-0.25, -0.2) is 24.2 Å². The van der Waals surface area contributed by atoms with Gasteiger partial charge in [0.1, 0.15) is 34.3 Å². The normalized spacial score (nSPS) is 13.0. The molecule has 3 heterocycles. The SMILES string of the molecule is CC1(C)OB(c2cc(O)cc3ccccc23)OC1(C)C.COC(=O)C[C@H](NC(=O)CNC(=O)CCCN(C(=O)OC(C)(C)C)c1cc(C)ccn1)c1ccc(-c2cc(O)cc3ccccc23)cc1.COC(=O)C[C@H](NC(=O)CNC(=O)CCCN(C(=O)OC(C)(C)C)c1cc(C)ccn1)c1ccc(Br)cc1.O=[P+]([O-])O[O-].[K+].[K][K]. The number of aromatic nitrogens is 2. The fourth-order valence-electron chi connectivity index (χ4n) is 11.0. The van der Waals surface area contributed by atoms with Crippen LogP contribution in [0.1, 0.15) is 142 Å². The molecule has 28 nitrogen and oxygen atoms in total. The van der Waals surface area contributed by atoms with Crippen molar-refractivity contribution in [3.05, 3.63) is 185 Å². The van der Waals surface area contributed by atoms with Gasteiger partial charge in [0.2, 0.25) is 23.6 Å². The summed E-state index contributed by atoms with van der Waals surface area (Å²) in [5.74, 6) is -1.41. The summed E-state index contributed by atoms with van der Waals surface area (Å²) in [7, 11) is -1.06. The molecule has 0 bridgehead atoms. The first kappa shape index (κ1) is 101. The van der Waals surface area contributed by atoms with Crippen molar-refractivity contribution in [3.8, 4) is 22.6 Å². The molecule has 2 aromatic heterocycles. The number of pyridine rings is 2. The van der Waals surface area contributed by atoms with Crippen LogP contribution in [-0.4, -0.2) is 201 Å². The summed E-state index contributed by atoms with van der Waals surface area (Å²) in [4.78, 5) is 120. The monoisotopic (exact) mass is 1730 g/mol. The van der Waals surface area contributed by atoms with E-state index in [1.165, 1.54) is 87.2 Å². The van der Waals surface area contributed by atoms with E-state index in [0.29, 0.717) is 30.0 Å². The first-order valence-corrected chi connectivity index (χ1v) is 54.4. The molecule has 9 rings (SSSR count). The molecule has 594 valence electrons. The average Bonchev–Trinajstić information content (AvgIpc) is 1.60. The molecule has 1 unspecified atom stereocenters. The summed E-state index contributed by atoms with van der Waals surface area (Å²) in [5, 5.41) is 43.4. The number of amides is 6. The minimum absolute atomic E-state index is 0. The Balaban J connectivity index is 0.000000366. The number of hydrogen-bond donors (Lipinski definition) is 6. The van der Waals surface area contributed by atoms with Crippen LogP contribution in [0, 0.1) is 13.8 Å². The summed E-state index contributed by atoms with van der Waals surface area (Å²) in [5.41, 5.74) is 3.65. The number of halogens is 1. The van der Waals surface area contributed by atoms with Crippen LogP contribution in [0.2, 0.25) is 0 Å². The maximum atomic E-state index is 12.9. The number of benzene rings is 6. The van der Waals surface area contributed by atoms with Crippen LogP contribution < -0.4 is 98.1 Å². The van der Waals surface area contributed by atoms with Gasteiger partial charge in [-0.2, -0.15) is 0 Å². The van der Waals surface area contributed by atoms with E-state index < -0.39 is 74.6 Å². The number of phenolic OH excluding ortho intramolecular Hbond substituents is 2. The molecule has 34 heteroatoms. The molecule has 0 radical (unpaired) electrons. The molecule has 0 saturated carbocycles. The zero-order chi connectivity index (χ0) is 84.0. The molecule has 114 heavy (non-hydrogen) atoms. The number of hydrogen-bond acceptors (Lipinski definition) is 22. The van der Waals surface area contributed by atoms with E-state index in [1.807, 2.05) is 114 Å². The van der Waals surface area contributed by atoms with Crippen molar-refractivity contribution in [2.45, 2.75) is 156 Å². The van der Waals surface area contributed by atoms with Gasteiger partial charge in [0, 0.05) is 42.8 Å². The Morgan fingerprint density at radius 1 is 0.588 bits per heavy atom. The summed E-state index contributed by atoms with van der Waals surface area (Å²) in [6.07, 6.45) is 2.68. The number of ether oxygens (including phenoxy) is 4. The van der Waals surface area contributed by atoms with Gasteiger partial charge in [0.25, 0.3) is 0 Å². The Hall–Kier alpha value is -5.55. The summed E-state index contributed by atoms with van der Waals surface area (Å²) < 4.78 is 45.0. The van der Waals surface area contributed by atoms with E-state index in [2.05, 4.69) is 51.8 Å². The quantitative estimate of drug-likeness (QED) is 0.00802. The van der Waals surface area contributed by atoms with Crippen molar-refractivity contribution in [1.82, 2.24) is 31.2 Å². The molecule has 6 N–H and O–H groups in total. The number of anilines is 2. The molecule has 6 amide bonds. The minimum atomic E-state index is -3.15. The molecule has 0 aliphatic carbocycles. The van der Waals surface area contributed by atoms with Gasteiger partial charge in [-0.05, 0) is 222 Å². The van der Waals surface area contributed by atoms with Gasteiger partial charge in [-0.3, -0.25) is 38.6 Å². The third-order valence-corrected chi connectivity index (χ3v) is 17.8. The van der Waals surface area contributed by atoms with Crippen molar-refractivity contribution >= 4 is 181 Å². The number of nitrogens with one attached hydrogen (secondary N) is 4. The Kier molecular flexibility index (Phi) is 43.4. The molecule has 1 aliphatic rings. The predicted molar refractivity (Wildman–Crippen MR) is 431 cm³/mol. The van der Waals surface area contributed by atoms with Crippen molar-refractivity contribution in [3.63, 3.8) is 0 Å². The molecule has 8 aromatic rings. The number of rotatable bonds is 25. The van der Waals surface area contributed by atoms with E-state index in [1.54, 1.807) is 127 Å². The molecule has 1 fully saturated rings. The molecule has 6 aromatic carbocycles. The van der Waals surface area contributed by atoms with E-state index in [4.69, 9.17) is 43.0 Å². The number of carbonyl (C=O) groups excluding carboxylic acids is 8. The number of aryl methyl sites for hydroxylation is 2. The number of methoxy groups -OCH3 is 2. The first-order valence-electron chi connectivity index (χ1n) is 36.5. The molecule has 1 saturated heterocycles. The topological polar surface area (TPSA) is 385 Å². The van der Waals surface area contributed by atoms with E-state index in [-0.39, 0.29) is 138 Å². The second kappa shape index (κ2) is 49.1. The molecular weight excluding hydrogens is 1630 g/mol. The van der Waals surface area contributed by atoms with Gasteiger partial charge in [0.15, 0.2) is 0 Å². The van der Waals surface area contributed by atoms with Crippen LogP contribution in [0.3, 0.4) is 0 Å². The fourth-order valence-corrected chi connectivity index (χ4v) is 11.3. The van der Waals surface area contributed by atoms with Crippen molar-refractivity contribution < 1.29 is 148 Å². The van der Waals surface area contributed by atoms with Crippen LogP contribution in [0.5, 0.6) is 11.5 Å². The standard InChI is InChI=1S/C37H42N4O7.C27H35BrN4O6.C16H19BO3.3K.HO4P/c1-24-16-17-38-32(19-24)41(36(46)48-37(2,3)4)18-8-11-33(43)39-23-34(44)40-31(22-35(45)47-5)26-14-12-25(13-15-26)30-21-28(42)20-27-9-6-7-10-29(27)30;1-18-12-13-29-22(15-18)32(26(36)38-27(2,3)4)14-6-7-23(33)30-17-24(34)31-21(16-25(35)37-5)19-8-10-20(28)11-9-19;1-15(2)16(3,4)20-17(19-15)14-10-12(18)9-11-7-5-6-8-13(11)14;;;;1-4-5(2)3/h6-7,9-10,12-17,19-21,31,42H,8,11,18,22-23H2,1-5H3,(H,39,43)(H,40,44);8-13,15,21H,6-7,14,16-17H2,1-5H3,(H,30,33)(H,31,34);5-10,18H,1-4H3;;;;1H/q;;;;;+1;/p-1/t31-;21-;;;;;/m00...../s1. The zero-order valence-electron chi connectivity index (χ0n) is 67.7. The van der Waals surface area contributed by atoms with Crippen molar-refractivity contribution in [2.24, 2.45) is 0 Å². The summed E-state index contributed by atoms with van der Waals surface area (Å²) in [6.45, 7) is 22.3. The van der Waals surface area contributed by atoms with Gasteiger partial charge in [0.05, 0.1) is 63.4 Å². The van der Waals surface area contributed by atoms with Crippen molar-refractivity contribution in [2.75, 3.05) is 50.2 Å². The van der Waals surface area contributed by atoms with Crippen molar-refractivity contribution in [1.29, 1.82) is 0 Å².